The molecule has 0 aromatic carbocycles. The summed E-state index contributed by atoms with van der Waals surface area (Å²) in [7, 11) is 3.50. The highest BCUT2D eigenvalue weighted by Crippen LogP contribution is 2.12. The van der Waals surface area contributed by atoms with Crippen LogP contribution in [-0.2, 0) is 24.4 Å². The number of hydrogen-bond donors (Lipinski definition) is 2. The van der Waals surface area contributed by atoms with Crippen LogP contribution >= 0.6 is 0 Å². The zero-order valence-corrected chi connectivity index (χ0v) is 17.5. The van der Waals surface area contributed by atoms with Crippen molar-refractivity contribution in [2.45, 2.75) is 53.8 Å². The van der Waals surface area contributed by atoms with Gasteiger partial charge in [-0.25, -0.2) is 0 Å². The highest BCUT2D eigenvalue weighted by atomic mass is 16.5. The number of aliphatic imine (C=N–C) groups is 1. The molecule has 2 N–H and O–H groups in total. The molecule has 0 aliphatic carbocycles. The molecule has 0 aliphatic heterocycles. The van der Waals surface area contributed by atoms with E-state index in [1.165, 1.54) is 11.3 Å². The van der Waals surface area contributed by atoms with E-state index in [0.717, 1.165) is 49.1 Å². The molecule has 2 aromatic rings. The zero-order valence-electron chi connectivity index (χ0n) is 17.5. The summed E-state index contributed by atoms with van der Waals surface area (Å²) in [6, 6.07) is 2.10. The standard InChI is InChI=1S/C19H33N7O/c1-14-12-15(2)25(23-14)9-7-8-21-19(20-5)22-13-18-16(3)24-26(17(18)4)10-11-27-6/h12H,7-11,13H2,1-6H3,(H2,20,21,22). The SMILES string of the molecule is CN=C(NCCCn1nc(C)cc1C)NCc1c(C)nn(CCOC)c1C. The third kappa shape index (κ3) is 5.82. The topological polar surface area (TPSA) is 81.3 Å². The van der Waals surface area contributed by atoms with Gasteiger partial charge in [-0.1, -0.05) is 0 Å². The smallest absolute Gasteiger partial charge is 0.191 e. The number of guanidine groups is 1. The average molecular weight is 376 g/mol. The van der Waals surface area contributed by atoms with E-state index < -0.39 is 0 Å². The van der Waals surface area contributed by atoms with Crippen LogP contribution in [0.15, 0.2) is 11.1 Å². The predicted octanol–water partition coefficient (Wildman–Crippen LogP) is 1.71. The molecule has 2 aromatic heterocycles. The van der Waals surface area contributed by atoms with Gasteiger partial charge in [0.2, 0.25) is 0 Å². The minimum absolute atomic E-state index is 0.660. The normalized spacial score (nSPS) is 11.9. The number of ether oxygens (including phenoxy) is 1. The van der Waals surface area contributed by atoms with E-state index in [4.69, 9.17) is 4.74 Å². The molecule has 0 spiro atoms. The van der Waals surface area contributed by atoms with Gasteiger partial charge in [-0.3, -0.25) is 14.4 Å². The Labute approximate surface area is 162 Å². The molecule has 8 nitrogen and oxygen atoms in total. The van der Waals surface area contributed by atoms with Gasteiger partial charge in [0, 0.05) is 50.7 Å². The third-order valence-corrected chi connectivity index (χ3v) is 4.64. The molecule has 0 saturated heterocycles. The lowest BCUT2D eigenvalue weighted by atomic mass is 10.2. The lowest BCUT2D eigenvalue weighted by Gasteiger charge is -2.12. The fraction of sp³-hybridized carbons (Fsp3) is 0.632. The van der Waals surface area contributed by atoms with Crippen LogP contribution in [0.4, 0.5) is 0 Å². The Bertz CT molecular complexity index is 760. The predicted molar refractivity (Wildman–Crippen MR) is 108 cm³/mol. The highest BCUT2D eigenvalue weighted by Gasteiger charge is 2.11. The molecule has 0 aliphatic rings. The Balaban J connectivity index is 1.80. The summed E-state index contributed by atoms with van der Waals surface area (Å²) >= 11 is 0. The molecule has 2 rings (SSSR count). The van der Waals surface area contributed by atoms with Crippen molar-refractivity contribution in [3.05, 3.63) is 34.4 Å². The maximum Gasteiger partial charge on any atom is 0.191 e. The van der Waals surface area contributed by atoms with Crippen LogP contribution in [0.2, 0.25) is 0 Å². The summed E-state index contributed by atoms with van der Waals surface area (Å²) in [5.41, 5.74) is 5.67. The van der Waals surface area contributed by atoms with E-state index in [9.17, 15) is 0 Å². The summed E-state index contributed by atoms with van der Waals surface area (Å²) in [5.74, 6) is 0.798. The lowest BCUT2D eigenvalue weighted by molar-refractivity contribution is 0.182. The second-order valence-electron chi connectivity index (χ2n) is 6.72. The highest BCUT2D eigenvalue weighted by molar-refractivity contribution is 5.79. The second-order valence-corrected chi connectivity index (χ2v) is 6.72. The van der Waals surface area contributed by atoms with Crippen LogP contribution in [0.25, 0.3) is 0 Å². The van der Waals surface area contributed by atoms with Crippen molar-refractivity contribution in [2.24, 2.45) is 4.99 Å². The molecule has 150 valence electrons. The van der Waals surface area contributed by atoms with E-state index in [2.05, 4.69) is 45.7 Å². The molecule has 0 bridgehead atoms. The number of nitrogens with zero attached hydrogens (tertiary/aromatic N) is 5. The van der Waals surface area contributed by atoms with E-state index in [1.807, 2.05) is 23.2 Å². The summed E-state index contributed by atoms with van der Waals surface area (Å²) in [5, 5.41) is 15.8. The Morgan fingerprint density at radius 3 is 2.52 bits per heavy atom. The minimum Gasteiger partial charge on any atom is -0.383 e. The molecule has 2 heterocycles. The maximum atomic E-state index is 5.15. The quantitative estimate of drug-likeness (QED) is 0.396. The summed E-state index contributed by atoms with van der Waals surface area (Å²) < 4.78 is 9.20. The first-order valence-corrected chi connectivity index (χ1v) is 9.43. The molecule has 0 fully saturated rings. The van der Waals surface area contributed by atoms with Crippen LogP contribution in [0, 0.1) is 27.7 Å². The van der Waals surface area contributed by atoms with Gasteiger partial charge in [0.05, 0.1) is 24.5 Å². The van der Waals surface area contributed by atoms with Crippen LogP contribution in [0.1, 0.15) is 34.8 Å². The van der Waals surface area contributed by atoms with Gasteiger partial charge in [0.15, 0.2) is 5.96 Å². The van der Waals surface area contributed by atoms with E-state index in [-0.39, 0.29) is 0 Å². The van der Waals surface area contributed by atoms with Gasteiger partial charge in [-0.2, -0.15) is 10.2 Å². The molecule has 8 heteroatoms. The van der Waals surface area contributed by atoms with Gasteiger partial charge in [-0.15, -0.1) is 0 Å². The first kappa shape index (κ1) is 21.0. The Morgan fingerprint density at radius 1 is 1.11 bits per heavy atom. The van der Waals surface area contributed by atoms with Crippen molar-refractivity contribution in [3.8, 4) is 0 Å². The number of rotatable bonds is 9. The van der Waals surface area contributed by atoms with Crippen LogP contribution < -0.4 is 10.6 Å². The Morgan fingerprint density at radius 2 is 1.89 bits per heavy atom. The number of aromatic nitrogens is 4. The monoisotopic (exact) mass is 375 g/mol. The average Bonchev–Trinajstić information content (AvgIpc) is 3.10. The minimum atomic E-state index is 0.660. The number of methoxy groups -OCH3 is 1. The molecule has 0 saturated carbocycles. The van der Waals surface area contributed by atoms with Crippen LogP contribution in [0.5, 0.6) is 0 Å². The fourth-order valence-corrected chi connectivity index (χ4v) is 3.11. The molecule has 27 heavy (non-hydrogen) atoms. The van der Waals surface area contributed by atoms with Gasteiger partial charge < -0.3 is 15.4 Å². The van der Waals surface area contributed by atoms with Crippen molar-refractivity contribution in [3.63, 3.8) is 0 Å². The van der Waals surface area contributed by atoms with Crippen molar-refractivity contribution >= 4 is 5.96 Å². The summed E-state index contributed by atoms with van der Waals surface area (Å²) in [6.45, 7) is 12.1. The Kier molecular flexibility index (Phi) is 7.84. The van der Waals surface area contributed by atoms with Crippen molar-refractivity contribution in [2.75, 3.05) is 27.3 Å². The first-order chi connectivity index (χ1) is 13.0. The number of hydrogen-bond acceptors (Lipinski definition) is 4. The molecule has 0 atom stereocenters. The largest absolute Gasteiger partial charge is 0.383 e. The van der Waals surface area contributed by atoms with Crippen molar-refractivity contribution < 1.29 is 4.74 Å². The zero-order chi connectivity index (χ0) is 19.8. The van der Waals surface area contributed by atoms with Crippen LogP contribution in [0.3, 0.4) is 0 Å². The summed E-state index contributed by atoms with van der Waals surface area (Å²) in [4.78, 5) is 4.31. The fourth-order valence-electron chi connectivity index (χ4n) is 3.11. The van der Waals surface area contributed by atoms with Crippen LogP contribution in [-0.4, -0.2) is 52.8 Å². The lowest BCUT2D eigenvalue weighted by Crippen LogP contribution is -2.37. The molecular weight excluding hydrogens is 342 g/mol. The molecular formula is C19H33N7O. The van der Waals surface area contributed by atoms with E-state index >= 15 is 0 Å². The molecule has 0 radical (unpaired) electrons. The molecule has 0 unspecified atom stereocenters. The second kappa shape index (κ2) is 10.1. The maximum absolute atomic E-state index is 5.15. The van der Waals surface area contributed by atoms with Gasteiger partial charge in [0.1, 0.15) is 0 Å². The van der Waals surface area contributed by atoms with Crippen molar-refractivity contribution in [1.29, 1.82) is 0 Å². The number of nitrogens with one attached hydrogen (secondary N) is 2. The first-order valence-electron chi connectivity index (χ1n) is 9.43. The van der Waals surface area contributed by atoms with E-state index in [1.54, 1.807) is 14.2 Å². The number of aryl methyl sites for hydroxylation is 4. The van der Waals surface area contributed by atoms with Gasteiger partial charge >= 0.3 is 0 Å². The van der Waals surface area contributed by atoms with E-state index in [0.29, 0.717) is 13.2 Å². The van der Waals surface area contributed by atoms with Gasteiger partial charge in [-0.05, 0) is 40.2 Å². The molecule has 0 amide bonds. The van der Waals surface area contributed by atoms with Gasteiger partial charge in [0.25, 0.3) is 0 Å². The summed E-state index contributed by atoms with van der Waals surface area (Å²) in [6.07, 6.45) is 0.982. The Hall–Kier alpha value is -2.35. The van der Waals surface area contributed by atoms with Crippen molar-refractivity contribution in [1.82, 2.24) is 30.2 Å². The third-order valence-electron chi connectivity index (χ3n) is 4.64.